The minimum Gasteiger partial charge on any atom is -0.369 e. The molecule has 3 aromatic rings. The maximum atomic E-state index is 13.7. The highest BCUT2D eigenvalue weighted by Crippen LogP contribution is 2.49. The number of nitro benzene ring substituents is 1. The monoisotopic (exact) mass is 555 g/mol. The van der Waals surface area contributed by atoms with Crippen molar-refractivity contribution in [3.8, 4) is 0 Å². The second-order valence-corrected chi connectivity index (χ2v) is 10.9. The highest BCUT2D eigenvalue weighted by molar-refractivity contribution is 7.90. The van der Waals surface area contributed by atoms with Crippen LogP contribution in [0.2, 0.25) is 5.02 Å². The minimum atomic E-state index is -4.12. The normalized spacial score (nSPS) is 22.8. The summed E-state index contributed by atoms with van der Waals surface area (Å²) < 4.78 is 28.1. The fourth-order valence-electron chi connectivity index (χ4n) is 5.01. The summed E-state index contributed by atoms with van der Waals surface area (Å²) in [5.41, 5.74) is 18.7. The van der Waals surface area contributed by atoms with Crippen LogP contribution in [0.5, 0.6) is 0 Å². The molecule has 0 radical (unpaired) electrons. The van der Waals surface area contributed by atoms with Gasteiger partial charge in [0.15, 0.2) is 0 Å². The van der Waals surface area contributed by atoms with E-state index in [4.69, 9.17) is 23.1 Å². The summed E-state index contributed by atoms with van der Waals surface area (Å²) in [5, 5.41) is 11.8. The van der Waals surface area contributed by atoms with Crippen LogP contribution >= 0.6 is 11.6 Å². The first-order chi connectivity index (χ1) is 18.1. The summed E-state index contributed by atoms with van der Waals surface area (Å²) in [6.45, 7) is 0. The summed E-state index contributed by atoms with van der Waals surface area (Å²) in [4.78, 5) is 25.9. The number of amides is 1. The third-order valence-corrected chi connectivity index (χ3v) is 8.19. The largest absolute Gasteiger partial charge is 0.369 e. The highest BCUT2D eigenvalue weighted by atomic mass is 35.5. The van der Waals surface area contributed by atoms with E-state index in [9.17, 15) is 23.3 Å². The van der Waals surface area contributed by atoms with Crippen LogP contribution in [-0.2, 0) is 14.8 Å². The average Bonchev–Trinajstić information content (AvgIpc) is 3.43. The number of nitro groups is 1. The van der Waals surface area contributed by atoms with Gasteiger partial charge >= 0.3 is 0 Å². The zero-order chi connectivity index (χ0) is 27.2. The Morgan fingerprint density at radius 1 is 0.921 bits per heavy atom. The number of benzene rings is 3. The molecule has 4 atom stereocenters. The van der Waals surface area contributed by atoms with Crippen molar-refractivity contribution in [2.45, 2.75) is 23.0 Å². The van der Waals surface area contributed by atoms with Crippen LogP contribution in [0.25, 0.3) is 0 Å². The van der Waals surface area contributed by atoms with E-state index >= 15 is 0 Å². The van der Waals surface area contributed by atoms with Gasteiger partial charge in [-0.1, -0.05) is 35.9 Å². The number of carbonyl (C=O) groups excluding carboxylic acids is 1. The van der Waals surface area contributed by atoms with Crippen molar-refractivity contribution in [2.75, 3.05) is 4.90 Å². The lowest BCUT2D eigenvalue weighted by Crippen LogP contribution is -2.41. The Morgan fingerprint density at radius 3 is 2.08 bits per heavy atom. The first kappa shape index (κ1) is 25.6. The Kier molecular flexibility index (Phi) is 6.53. The van der Waals surface area contributed by atoms with Crippen molar-refractivity contribution >= 4 is 44.9 Å². The van der Waals surface area contributed by atoms with Gasteiger partial charge in [-0.15, -0.1) is 4.40 Å². The van der Waals surface area contributed by atoms with Crippen molar-refractivity contribution in [1.29, 1.82) is 0 Å². The number of carbonyl (C=O) groups is 1. The predicted octanol–water partition coefficient (Wildman–Crippen LogP) is 2.13. The number of non-ortho nitro benzene ring substituents is 1. The third-order valence-electron chi connectivity index (χ3n) is 6.62. The number of fused-ring (bicyclic) bond motifs is 1. The van der Waals surface area contributed by atoms with Crippen molar-refractivity contribution in [1.82, 2.24) is 10.9 Å². The fraction of sp³-hybridized carbons (Fsp3) is 0.167. The van der Waals surface area contributed by atoms with Crippen LogP contribution < -0.4 is 27.2 Å². The summed E-state index contributed by atoms with van der Waals surface area (Å²) >= 11 is 6.08. The van der Waals surface area contributed by atoms with Crippen LogP contribution in [-0.4, -0.2) is 31.2 Å². The van der Waals surface area contributed by atoms with Gasteiger partial charge in [-0.2, -0.15) is 8.42 Å². The number of rotatable bonds is 6. The Balaban J connectivity index is 1.59. The molecule has 1 amide bonds. The molecule has 0 saturated carbocycles. The lowest BCUT2D eigenvalue weighted by atomic mass is 9.83. The molecule has 2 heterocycles. The Labute approximate surface area is 222 Å². The molecule has 0 aromatic heterocycles. The van der Waals surface area contributed by atoms with Gasteiger partial charge in [0.05, 0.1) is 21.9 Å². The number of hydrogen-bond donors (Lipinski definition) is 4. The topological polar surface area (TPSA) is 186 Å². The van der Waals surface area contributed by atoms with Crippen LogP contribution in [0.1, 0.15) is 23.2 Å². The molecule has 2 aliphatic rings. The number of nitrogens with one attached hydrogen (secondary N) is 2. The van der Waals surface area contributed by atoms with E-state index < -0.39 is 33.0 Å². The zero-order valence-electron chi connectivity index (χ0n) is 19.6. The van der Waals surface area contributed by atoms with Gasteiger partial charge in [-0.25, -0.2) is 10.9 Å². The second-order valence-electron chi connectivity index (χ2n) is 8.86. The van der Waals surface area contributed by atoms with E-state index in [1.54, 1.807) is 29.2 Å². The smallest absolute Gasteiger partial charge is 0.285 e. The summed E-state index contributed by atoms with van der Waals surface area (Å²) in [5.74, 6) is -1.17. The molecule has 2 fully saturated rings. The van der Waals surface area contributed by atoms with Crippen molar-refractivity contribution in [2.24, 2.45) is 21.8 Å². The standard InChI is InChI=1S/C24H22ClN7O5S/c25-15-5-1-13(2-6-15)20-19-21(29-28-20)23(33)31(22(19)14-3-7-17(8-4-14)32(34)35)16-9-11-18(12-10-16)38(36,37)30-24(26)27/h1-12,19-22,28-29H,(H4,26,27,30). The Hall–Kier alpha value is -4.04. The number of sulfonamides is 1. The maximum absolute atomic E-state index is 13.7. The lowest BCUT2D eigenvalue weighted by molar-refractivity contribution is -0.384. The van der Waals surface area contributed by atoms with E-state index in [0.717, 1.165) is 5.56 Å². The van der Waals surface area contributed by atoms with Gasteiger partial charge < -0.3 is 16.4 Å². The minimum absolute atomic E-state index is 0.0765. The number of nitrogens with two attached hydrogens (primary N) is 2. The Morgan fingerprint density at radius 2 is 1.50 bits per heavy atom. The summed E-state index contributed by atoms with van der Waals surface area (Å²) in [6.07, 6.45) is 0. The van der Waals surface area contributed by atoms with E-state index in [2.05, 4.69) is 15.2 Å². The summed E-state index contributed by atoms with van der Waals surface area (Å²) in [6, 6.07) is 17.4. The molecule has 196 valence electrons. The molecule has 3 aromatic carbocycles. The van der Waals surface area contributed by atoms with E-state index in [-0.39, 0.29) is 28.4 Å². The molecule has 6 N–H and O–H groups in total. The molecular formula is C24H22ClN7O5S. The van der Waals surface area contributed by atoms with Crippen LogP contribution in [0, 0.1) is 16.0 Å². The van der Waals surface area contributed by atoms with Gasteiger partial charge in [0.25, 0.3) is 15.7 Å². The molecular weight excluding hydrogens is 534 g/mol. The van der Waals surface area contributed by atoms with Gasteiger partial charge in [0, 0.05) is 28.8 Å². The molecule has 12 nitrogen and oxygen atoms in total. The zero-order valence-corrected chi connectivity index (χ0v) is 21.1. The molecule has 0 spiro atoms. The quantitative estimate of drug-likeness (QED) is 0.153. The second kappa shape index (κ2) is 9.68. The number of hydrazine groups is 1. The van der Waals surface area contributed by atoms with Gasteiger partial charge in [-0.3, -0.25) is 14.9 Å². The number of hydrogen-bond acceptors (Lipinski definition) is 7. The third kappa shape index (κ3) is 4.56. The molecule has 5 rings (SSSR count). The number of anilines is 1. The number of guanidine groups is 1. The van der Waals surface area contributed by atoms with Gasteiger partial charge in [0.2, 0.25) is 11.9 Å². The Bertz CT molecular complexity index is 1530. The lowest BCUT2D eigenvalue weighted by Gasteiger charge is -2.31. The van der Waals surface area contributed by atoms with Gasteiger partial charge in [-0.05, 0) is 47.5 Å². The molecule has 0 aliphatic carbocycles. The van der Waals surface area contributed by atoms with Crippen LogP contribution in [0.15, 0.2) is 82.1 Å². The highest BCUT2D eigenvalue weighted by Gasteiger charge is 2.56. The van der Waals surface area contributed by atoms with Crippen LogP contribution in [0.4, 0.5) is 11.4 Å². The first-order valence-corrected chi connectivity index (χ1v) is 13.2. The molecule has 2 aliphatic heterocycles. The van der Waals surface area contributed by atoms with E-state index in [0.29, 0.717) is 16.3 Å². The molecule has 14 heteroatoms. The SMILES string of the molecule is NC(N)=NS(=O)(=O)c1ccc(N2C(=O)C3NNC(c4ccc(Cl)cc4)C3C2c2ccc([N+](=O)[O-])cc2)cc1. The number of halogens is 1. The average molecular weight is 556 g/mol. The maximum Gasteiger partial charge on any atom is 0.285 e. The van der Waals surface area contributed by atoms with Crippen LogP contribution in [0.3, 0.4) is 0 Å². The van der Waals surface area contributed by atoms with E-state index in [1.165, 1.54) is 36.4 Å². The molecule has 4 unspecified atom stereocenters. The van der Waals surface area contributed by atoms with E-state index in [1.807, 2.05) is 12.1 Å². The first-order valence-electron chi connectivity index (χ1n) is 11.4. The van der Waals surface area contributed by atoms with Crippen molar-refractivity contribution in [3.05, 3.63) is 99.1 Å². The predicted molar refractivity (Wildman–Crippen MR) is 141 cm³/mol. The van der Waals surface area contributed by atoms with Crippen molar-refractivity contribution < 1.29 is 18.1 Å². The van der Waals surface area contributed by atoms with Crippen molar-refractivity contribution in [3.63, 3.8) is 0 Å². The molecule has 38 heavy (non-hydrogen) atoms. The molecule has 0 bridgehead atoms. The van der Waals surface area contributed by atoms with Gasteiger partial charge in [0.1, 0.15) is 6.04 Å². The molecule has 2 saturated heterocycles. The fourth-order valence-corrected chi connectivity index (χ4v) is 6.00. The number of nitrogens with zero attached hydrogens (tertiary/aromatic N) is 3. The summed E-state index contributed by atoms with van der Waals surface area (Å²) in [7, 11) is -4.12.